The van der Waals surface area contributed by atoms with E-state index in [1.54, 1.807) is 12.1 Å². The normalized spacial score (nSPS) is 12.5. The van der Waals surface area contributed by atoms with Crippen molar-refractivity contribution in [3.05, 3.63) is 35.7 Å². The van der Waals surface area contributed by atoms with E-state index < -0.39 is 24.0 Å². The highest BCUT2D eigenvalue weighted by Crippen LogP contribution is 2.29. The molecule has 1 heterocycles. The Kier molecular flexibility index (Phi) is 6.16. The predicted molar refractivity (Wildman–Crippen MR) is 85.6 cm³/mol. The van der Waals surface area contributed by atoms with E-state index in [9.17, 15) is 22.8 Å². The number of hydrogen-bond acceptors (Lipinski definition) is 6. The van der Waals surface area contributed by atoms with Crippen molar-refractivity contribution in [2.75, 3.05) is 7.11 Å². The van der Waals surface area contributed by atoms with Crippen LogP contribution in [0.5, 0.6) is 0 Å². The van der Waals surface area contributed by atoms with Gasteiger partial charge in [0.05, 0.1) is 13.7 Å². The summed E-state index contributed by atoms with van der Waals surface area (Å²) in [6.07, 6.45) is -4.71. The largest absolute Gasteiger partial charge is 0.471 e. The van der Waals surface area contributed by atoms with Gasteiger partial charge in [0, 0.05) is 12.5 Å². The number of hydrogen-bond donors (Lipinski definition) is 1. The molecule has 0 saturated carbocycles. The number of aromatic nitrogens is 2. The second kappa shape index (κ2) is 8.16. The Labute approximate surface area is 152 Å². The van der Waals surface area contributed by atoms with Crippen molar-refractivity contribution < 1.29 is 32.1 Å². The van der Waals surface area contributed by atoms with Crippen molar-refractivity contribution in [2.45, 2.75) is 32.6 Å². The van der Waals surface area contributed by atoms with Gasteiger partial charge in [-0.05, 0) is 12.5 Å². The molecular weight excluding hydrogens is 369 g/mol. The van der Waals surface area contributed by atoms with E-state index in [-0.39, 0.29) is 18.3 Å². The van der Waals surface area contributed by atoms with Crippen LogP contribution < -0.4 is 5.32 Å². The number of halogens is 3. The van der Waals surface area contributed by atoms with Crippen molar-refractivity contribution in [1.82, 2.24) is 20.5 Å². The molecule has 8 nitrogen and oxygen atoms in total. The summed E-state index contributed by atoms with van der Waals surface area (Å²) in [6, 6.07) is 5.39. The van der Waals surface area contributed by atoms with Crippen LogP contribution in [0.25, 0.3) is 11.4 Å². The minimum absolute atomic E-state index is 0.0690. The lowest BCUT2D eigenvalue weighted by molar-refractivity contribution is -0.181. The highest BCUT2D eigenvalue weighted by atomic mass is 19.4. The van der Waals surface area contributed by atoms with Gasteiger partial charge in [-0.15, -0.1) is 0 Å². The van der Waals surface area contributed by atoms with Gasteiger partial charge in [0.2, 0.25) is 11.7 Å². The fourth-order valence-electron chi connectivity index (χ4n) is 2.20. The molecule has 2 amide bonds. The maximum absolute atomic E-state index is 12.5. The summed E-state index contributed by atoms with van der Waals surface area (Å²) in [5.41, 5.74) is 0.962. The number of alkyl halides is 3. The van der Waals surface area contributed by atoms with Crippen molar-refractivity contribution in [2.24, 2.45) is 0 Å². The molecule has 1 N–H and O–H groups in total. The molecule has 0 radical (unpaired) electrons. The fourth-order valence-corrected chi connectivity index (χ4v) is 2.20. The number of nitrogens with zero attached hydrogens (tertiary/aromatic N) is 3. The van der Waals surface area contributed by atoms with Crippen LogP contribution in [-0.4, -0.2) is 40.2 Å². The van der Waals surface area contributed by atoms with Gasteiger partial charge in [-0.25, -0.2) is 5.06 Å². The van der Waals surface area contributed by atoms with E-state index in [2.05, 4.69) is 20.0 Å². The van der Waals surface area contributed by atoms with Crippen molar-refractivity contribution in [3.8, 4) is 11.4 Å². The van der Waals surface area contributed by atoms with E-state index in [1.165, 1.54) is 33.1 Å². The van der Waals surface area contributed by atoms with Gasteiger partial charge in [-0.1, -0.05) is 29.4 Å². The highest BCUT2D eigenvalue weighted by Gasteiger charge is 2.38. The zero-order valence-electron chi connectivity index (χ0n) is 14.7. The first kappa shape index (κ1) is 20.4. The molecule has 146 valence electrons. The van der Waals surface area contributed by atoms with Gasteiger partial charge in [-0.3, -0.25) is 14.4 Å². The summed E-state index contributed by atoms with van der Waals surface area (Å²) in [5.74, 6) is -2.43. The Morgan fingerprint density at radius 3 is 2.41 bits per heavy atom. The van der Waals surface area contributed by atoms with E-state index in [4.69, 9.17) is 4.84 Å². The first-order valence-corrected chi connectivity index (χ1v) is 7.74. The Morgan fingerprint density at radius 1 is 1.30 bits per heavy atom. The summed E-state index contributed by atoms with van der Waals surface area (Å²) in [7, 11) is 1.31. The van der Waals surface area contributed by atoms with Crippen LogP contribution in [0.4, 0.5) is 13.2 Å². The highest BCUT2D eigenvalue weighted by molar-refractivity contribution is 5.85. The molecular formula is C16H17F3N4O4. The van der Waals surface area contributed by atoms with Crippen molar-refractivity contribution >= 4 is 11.8 Å². The molecule has 1 atom stereocenters. The molecule has 0 saturated heterocycles. The monoisotopic (exact) mass is 386 g/mol. The minimum atomic E-state index is -4.71. The Bertz CT molecular complexity index is 805. The van der Waals surface area contributed by atoms with E-state index in [1.807, 2.05) is 0 Å². The topological polar surface area (TPSA) is 97.6 Å². The fraction of sp³-hybridized carbons (Fsp3) is 0.375. The maximum Gasteiger partial charge on any atom is 0.471 e. The number of hydroxylamine groups is 2. The lowest BCUT2D eigenvalue weighted by Crippen LogP contribution is -2.45. The van der Waals surface area contributed by atoms with Crippen LogP contribution >= 0.6 is 0 Å². The molecule has 2 aromatic rings. The van der Waals surface area contributed by atoms with Gasteiger partial charge < -0.3 is 9.84 Å². The van der Waals surface area contributed by atoms with Crippen LogP contribution in [0, 0.1) is 0 Å². The second-order valence-corrected chi connectivity index (χ2v) is 5.60. The number of carbonyl (C=O) groups excluding carboxylic acids is 2. The lowest BCUT2D eigenvalue weighted by atomic mass is 10.1. The lowest BCUT2D eigenvalue weighted by Gasteiger charge is -2.23. The summed E-state index contributed by atoms with van der Waals surface area (Å²) < 4.78 is 41.7. The summed E-state index contributed by atoms with van der Waals surface area (Å²) >= 11 is 0. The van der Waals surface area contributed by atoms with Gasteiger partial charge in [0.1, 0.15) is 6.04 Å². The van der Waals surface area contributed by atoms with Crippen molar-refractivity contribution in [1.29, 1.82) is 0 Å². The quantitative estimate of drug-likeness (QED) is 0.765. The van der Waals surface area contributed by atoms with Crippen LogP contribution in [0.15, 0.2) is 28.8 Å². The third-order valence-corrected chi connectivity index (χ3v) is 3.46. The molecule has 11 heteroatoms. The predicted octanol–water partition coefficient (Wildman–Crippen LogP) is 2.17. The zero-order valence-corrected chi connectivity index (χ0v) is 14.7. The van der Waals surface area contributed by atoms with Crippen LogP contribution in [0.2, 0.25) is 0 Å². The SMILES string of the molecule is CON(Cc1ccc(-c2noc(C(F)(F)F)n2)cc1)C(=O)C(C)NC(C)=O. The molecule has 27 heavy (non-hydrogen) atoms. The molecule has 1 aromatic carbocycles. The molecule has 1 unspecified atom stereocenters. The van der Waals surface area contributed by atoms with Gasteiger partial charge in [-0.2, -0.15) is 18.2 Å². The summed E-state index contributed by atoms with van der Waals surface area (Å²) in [6.45, 7) is 2.88. The van der Waals surface area contributed by atoms with E-state index >= 15 is 0 Å². The van der Waals surface area contributed by atoms with Gasteiger partial charge >= 0.3 is 12.1 Å². The average molecular weight is 386 g/mol. The second-order valence-electron chi connectivity index (χ2n) is 5.60. The van der Waals surface area contributed by atoms with Crippen LogP contribution in [0.3, 0.4) is 0 Å². The third-order valence-electron chi connectivity index (χ3n) is 3.46. The van der Waals surface area contributed by atoms with E-state index in [0.717, 1.165) is 5.06 Å². The number of nitrogens with one attached hydrogen (secondary N) is 1. The number of rotatable bonds is 6. The molecule has 0 fully saturated rings. The summed E-state index contributed by atoms with van der Waals surface area (Å²) in [5, 5.41) is 6.82. The van der Waals surface area contributed by atoms with Crippen LogP contribution in [0.1, 0.15) is 25.3 Å². The minimum Gasteiger partial charge on any atom is -0.345 e. The molecule has 0 aliphatic carbocycles. The number of benzene rings is 1. The summed E-state index contributed by atoms with van der Waals surface area (Å²) in [4.78, 5) is 31.6. The maximum atomic E-state index is 12.5. The Morgan fingerprint density at radius 2 is 1.93 bits per heavy atom. The molecule has 0 aliphatic rings. The molecule has 0 spiro atoms. The zero-order chi connectivity index (χ0) is 20.2. The van der Waals surface area contributed by atoms with Gasteiger partial charge in [0.25, 0.3) is 5.91 Å². The van der Waals surface area contributed by atoms with E-state index in [0.29, 0.717) is 11.1 Å². The first-order valence-electron chi connectivity index (χ1n) is 7.74. The van der Waals surface area contributed by atoms with Crippen LogP contribution in [-0.2, 0) is 27.1 Å². The molecule has 0 aliphatic heterocycles. The molecule has 0 bridgehead atoms. The average Bonchev–Trinajstić information content (AvgIpc) is 3.09. The first-order chi connectivity index (χ1) is 12.6. The Hall–Kier alpha value is -2.95. The number of amides is 2. The number of carbonyl (C=O) groups is 2. The third kappa shape index (κ3) is 5.26. The Balaban J connectivity index is 2.09. The smallest absolute Gasteiger partial charge is 0.345 e. The van der Waals surface area contributed by atoms with Gasteiger partial charge in [0.15, 0.2) is 0 Å². The molecule has 2 rings (SSSR count). The molecule has 1 aromatic heterocycles. The standard InChI is InChI=1S/C16H17F3N4O4/c1-9(20-10(2)24)14(25)23(26-3)8-11-4-6-12(7-5-11)13-21-15(27-22-13)16(17,18)19/h4-7,9H,8H2,1-3H3,(H,20,24). The van der Waals surface area contributed by atoms with Crippen molar-refractivity contribution in [3.63, 3.8) is 0 Å².